The van der Waals surface area contributed by atoms with Crippen LogP contribution in [0, 0.1) is 0 Å². The predicted molar refractivity (Wildman–Crippen MR) is 110 cm³/mol. The molecule has 2 heterocycles. The van der Waals surface area contributed by atoms with Crippen LogP contribution in [0.5, 0.6) is 0 Å². The normalized spacial score (nSPS) is 11.1. The van der Waals surface area contributed by atoms with Crippen molar-refractivity contribution in [3.05, 3.63) is 50.9 Å². The number of hydrogen-bond acceptors (Lipinski definition) is 5. The second kappa shape index (κ2) is 9.85. The molecule has 1 N–H and O–H groups in total. The van der Waals surface area contributed by atoms with Crippen molar-refractivity contribution in [1.82, 2.24) is 15.2 Å². The quantitative estimate of drug-likeness (QED) is 0.627. The molecular formula is C19H24BrN3O3S. The van der Waals surface area contributed by atoms with Gasteiger partial charge in [-0.15, -0.1) is 11.3 Å². The molecule has 2 aromatic heterocycles. The molecule has 0 saturated heterocycles. The summed E-state index contributed by atoms with van der Waals surface area (Å²) in [6, 6.07) is 5.60. The molecule has 0 atom stereocenters. The van der Waals surface area contributed by atoms with Crippen molar-refractivity contribution in [2.75, 3.05) is 13.1 Å². The molecule has 2 aromatic rings. The van der Waals surface area contributed by atoms with Crippen molar-refractivity contribution in [1.29, 1.82) is 0 Å². The highest BCUT2D eigenvalue weighted by molar-refractivity contribution is 9.10. The number of halogens is 1. The van der Waals surface area contributed by atoms with Gasteiger partial charge in [-0.25, -0.2) is 4.79 Å². The van der Waals surface area contributed by atoms with Crippen LogP contribution in [0.2, 0.25) is 0 Å². The summed E-state index contributed by atoms with van der Waals surface area (Å²) in [5, 5.41) is 4.74. The van der Waals surface area contributed by atoms with Crippen LogP contribution >= 0.6 is 27.3 Å². The molecule has 0 saturated carbocycles. The summed E-state index contributed by atoms with van der Waals surface area (Å²) in [6.45, 7) is 6.86. The number of hydrogen-bond donors (Lipinski definition) is 1. The van der Waals surface area contributed by atoms with Crippen molar-refractivity contribution < 1.29 is 14.3 Å². The molecule has 8 heteroatoms. The van der Waals surface area contributed by atoms with Crippen molar-refractivity contribution in [3.63, 3.8) is 0 Å². The first kappa shape index (κ1) is 21.4. The highest BCUT2D eigenvalue weighted by Gasteiger charge is 2.22. The highest BCUT2D eigenvalue weighted by atomic mass is 79.9. The van der Waals surface area contributed by atoms with Gasteiger partial charge in [-0.3, -0.25) is 9.78 Å². The van der Waals surface area contributed by atoms with Gasteiger partial charge in [0, 0.05) is 30.0 Å². The maximum atomic E-state index is 12.5. The summed E-state index contributed by atoms with van der Waals surface area (Å²) in [5.74, 6) is -0.118. The minimum Gasteiger partial charge on any atom is -0.444 e. The maximum Gasteiger partial charge on any atom is 0.410 e. The molecule has 0 bridgehead atoms. The SMILES string of the molecule is CC(C)(C)OC(=O)N(CCCNC(=O)c1sccc1Br)Cc1cccnc1. The van der Waals surface area contributed by atoms with Crippen molar-refractivity contribution in [2.24, 2.45) is 0 Å². The Morgan fingerprint density at radius 3 is 2.70 bits per heavy atom. The number of carbonyl (C=O) groups is 2. The molecule has 2 rings (SSSR count). The second-order valence-electron chi connectivity index (χ2n) is 6.97. The fourth-order valence-corrected chi connectivity index (χ4v) is 3.75. The Kier molecular flexibility index (Phi) is 7.79. The summed E-state index contributed by atoms with van der Waals surface area (Å²) >= 11 is 4.74. The number of nitrogens with one attached hydrogen (secondary N) is 1. The van der Waals surface area contributed by atoms with E-state index in [-0.39, 0.29) is 12.0 Å². The third-order valence-corrected chi connectivity index (χ3v) is 5.30. The highest BCUT2D eigenvalue weighted by Crippen LogP contribution is 2.22. The number of thiophene rings is 1. The van der Waals surface area contributed by atoms with Crippen LogP contribution in [-0.4, -0.2) is 40.6 Å². The Morgan fingerprint density at radius 2 is 2.11 bits per heavy atom. The lowest BCUT2D eigenvalue weighted by molar-refractivity contribution is 0.0232. The van der Waals surface area contributed by atoms with Gasteiger partial charge < -0.3 is 15.0 Å². The van der Waals surface area contributed by atoms with E-state index in [4.69, 9.17) is 4.74 Å². The van der Waals surface area contributed by atoms with Gasteiger partial charge in [-0.1, -0.05) is 6.07 Å². The lowest BCUT2D eigenvalue weighted by atomic mass is 10.2. The summed E-state index contributed by atoms with van der Waals surface area (Å²) in [6.07, 6.45) is 3.67. The third-order valence-electron chi connectivity index (χ3n) is 3.46. The van der Waals surface area contributed by atoms with Crippen LogP contribution in [0.3, 0.4) is 0 Å². The van der Waals surface area contributed by atoms with E-state index in [1.165, 1.54) is 11.3 Å². The van der Waals surface area contributed by atoms with Crippen LogP contribution in [0.25, 0.3) is 0 Å². The topological polar surface area (TPSA) is 71.5 Å². The van der Waals surface area contributed by atoms with E-state index in [9.17, 15) is 9.59 Å². The van der Waals surface area contributed by atoms with Crippen molar-refractivity contribution in [2.45, 2.75) is 39.3 Å². The molecule has 0 aromatic carbocycles. The molecule has 6 nitrogen and oxygen atoms in total. The molecule has 27 heavy (non-hydrogen) atoms. The van der Waals surface area contributed by atoms with E-state index in [0.717, 1.165) is 10.0 Å². The van der Waals surface area contributed by atoms with E-state index in [0.29, 0.717) is 30.9 Å². The van der Waals surface area contributed by atoms with E-state index in [1.54, 1.807) is 17.3 Å². The van der Waals surface area contributed by atoms with Crippen molar-refractivity contribution in [3.8, 4) is 0 Å². The Labute approximate surface area is 172 Å². The minimum absolute atomic E-state index is 0.118. The monoisotopic (exact) mass is 453 g/mol. The fourth-order valence-electron chi connectivity index (χ4n) is 2.28. The number of aromatic nitrogens is 1. The summed E-state index contributed by atoms with van der Waals surface area (Å²) < 4.78 is 6.29. The van der Waals surface area contributed by atoms with Crippen LogP contribution < -0.4 is 5.32 Å². The van der Waals surface area contributed by atoms with Gasteiger partial charge >= 0.3 is 6.09 Å². The zero-order valence-electron chi connectivity index (χ0n) is 15.7. The van der Waals surface area contributed by atoms with E-state index in [2.05, 4.69) is 26.2 Å². The molecule has 146 valence electrons. The molecule has 0 aliphatic rings. The van der Waals surface area contributed by atoms with Gasteiger partial charge in [0.05, 0.1) is 6.54 Å². The van der Waals surface area contributed by atoms with Gasteiger partial charge in [0.2, 0.25) is 0 Å². The van der Waals surface area contributed by atoms with Crippen LogP contribution in [0.15, 0.2) is 40.4 Å². The van der Waals surface area contributed by atoms with Crippen LogP contribution in [0.4, 0.5) is 4.79 Å². The number of carbonyl (C=O) groups excluding carboxylic acids is 2. The van der Waals surface area contributed by atoms with Gasteiger partial charge in [-0.05, 0) is 66.2 Å². The minimum atomic E-state index is -0.566. The third kappa shape index (κ3) is 7.30. The zero-order chi connectivity index (χ0) is 19.9. The molecule has 0 fully saturated rings. The van der Waals surface area contributed by atoms with Gasteiger partial charge in [0.1, 0.15) is 10.5 Å². The summed E-state index contributed by atoms with van der Waals surface area (Å²) in [5.41, 5.74) is 0.360. The smallest absolute Gasteiger partial charge is 0.410 e. The fraction of sp³-hybridized carbons (Fsp3) is 0.421. The predicted octanol–water partition coefficient (Wildman–Crippen LogP) is 4.46. The number of amides is 2. The van der Waals surface area contributed by atoms with Gasteiger partial charge in [0.15, 0.2) is 0 Å². The lowest BCUT2D eigenvalue weighted by Crippen LogP contribution is -2.38. The average Bonchev–Trinajstić information content (AvgIpc) is 3.03. The Bertz CT molecular complexity index is 759. The van der Waals surface area contributed by atoms with Crippen LogP contribution in [0.1, 0.15) is 42.4 Å². The summed E-state index contributed by atoms with van der Waals surface area (Å²) in [4.78, 5) is 31.0. The van der Waals surface area contributed by atoms with E-state index >= 15 is 0 Å². The van der Waals surface area contributed by atoms with Gasteiger partial charge in [0.25, 0.3) is 5.91 Å². The molecule has 0 unspecified atom stereocenters. The number of ether oxygens (including phenoxy) is 1. The molecule has 0 aliphatic heterocycles. The standard InChI is InChI=1S/C19H24BrN3O3S/c1-19(2,3)26-18(25)23(13-14-6-4-8-21-12-14)10-5-9-22-17(24)16-15(20)7-11-27-16/h4,6-8,11-12H,5,9-10,13H2,1-3H3,(H,22,24). The van der Waals surface area contributed by atoms with Crippen molar-refractivity contribution >= 4 is 39.3 Å². The Hall–Kier alpha value is -1.93. The Balaban J connectivity index is 1.90. The largest absolute Gasteiger partial charge is 0.444 e. The first-order valence-electron chi connectivity index (χ1n) is 8.64. The number of rotatable bonds is 7. The number of nitrogens with zero attached hydrogens (tertiary/aromatic N) is 2. The molecule has 2 amide bonds. The average molecular weight is 454 g/mol. The maximum absolute atomic E-state index is 12.5. The van der Waals surface area contributed by atoms with Gasteiger partial charge in [-0.2, -0.15) is 0 Å². The first-order chi connectivity index (χ1) is 12.8. The molecular weight excluding hydrogens is 430 g/mol. The first-order valence-corrected chi connectivity index (χ1v) is 10.3. The van der Waals surface area contributed by atoms with E-state index < -0.39 is 5.60 Å². The summed E-state index contributed by atoms with van der Waals surface area (Å²) in [7, 11) is 0. The van der Waals surface area contributed by atoms with Crippen LogP contribution in [-0.2, 0) is 11.3 Å². The lowest BCUT2D eigenvalue weighted by Gasteiger charge is -2.27. The molecule has 0 aliphatic carbocycles. The Morgan fingerprint density at radius 1 is 1.33 bits per heavy atom. The second-order valence-corrected chi connectivity index (χ2v) is 8.74. The molecule has 0 spiro atoms. The zero-order valence-corrected chi connectivity index (χ0v) is 18.1. The number of pyridine rings is 1. The molecule has 0 radical (unpaired) electrons. The van der Waals surface area contributed by atoms with E-state index in [1.807, 2.05) is 44.4 Å².